The Labute approximate surface area is 106 Å². The van der Waals surface area contributed by atoms with Crippen LogP contribution in [-0.4, -0.2) is 15.0 Å². The first kappa shape index (κ1) is 13.3. The Kier molecular flexibility index (Phi) is 3.33. The Hall–Kier alpha value is -1.14. The van der Waals surface area contributed by atoms with E-state index in [1.165, 1.54) is 12.1 Å². The lowest BCUT2D eigenvalue weighted by Crippen LogP contribution is -2.40. The summed E-state index contributed by atoms with van der Waals surface area (Å²) < 4.78 is 40.0. The Morgan fingerprint density at radius 2 is 2.11 bits per heavy atom. The molecule has 0 aliphatic heterocycles. The highest BCUT2D eigenvalue weighted by Crippen LogP contribution is 2.39. The number of hydrogen-bond acceptors (Lipinski definition) is 3. The normalized spacial score (nSPS) is 18.3. The average molecular weight is 272 g/mol. The van der Waals surface area contributed by atoms with Crippen LogP contribution in [0.15, 0.2) is 23.1 Å². The van der Waals surface area contributed by atoms with E-state index in [0.29, 0.717) is 6.54 Å². The van der Waals surface area contributed by atoms with E-state index in [1.54, 1.807) is 0 Å². The van der Waals surface area contributed by atoms with Crippen molar-refractivity contribution in [1.82, 2.24) is 4.72 Å². The Morgan fingerprint density at radius 3 is 2.61 bits per heavy atom. The van der Waals surface area contributed by atoms with Gasteiger partial charge in [-0.05, 0) is 36.5 Å². The monoisotopic (exact) mass is 272 g/mol. The number of nitrogen functional groups attached to an aromatic ring is 1. The molecule has 0 saturated heterocycles. The molecule has 0 spiro atoms. The third-order valence-corrected chi connectivity index (χ3v) is 4.93. The van der Waals surface area contributed by atoms with Gasteiger partial charge in [0.05, 0.1) is 0 Å². The fourth-order valence-corrected chi connectivity index (χ4v) is 3.30. The summed E-state index contributed by atoms with van der Waals surface area (Å²) in [6, 6.07) is 3.58. The third kappa shape index (κ3) is 2.64. The molecule has 0 radical (unpaired) electrons. The maximum absolute atomic E-state index is 13.6. The van der Waals surface area contributed by atoms with E-state index < -0.39 is 15.8 Å². The van der Waals surface area contributed by atoms with Crippen LogP contribution in [0.2, 0.25) is 0 Å². The predicted octanol–water partition coefficient (Wildman–Crippen LogP) is 1.88. The van der Waals surface area contributed by atoms with Gasteiger partial charge >= 0.3 is 0 Å². The van der Waals surface area contributed by atoms with Gasteiger partial charge in [-0.2, -0.15) is 0 Å². The molecule has 1 aromatic carbocycles. The van der Waals surface area contributed by atoms with E-state index in [1.807, 2.05) is 6.92 Å². The zero-order valence-corrected chi connectivity index (χ0v) is 11.1. The van der Waals surface area contributed by atoms with Crippen LogP contribution in [0.5, 0.6) is 0 Å². The van der Waals surface area contributed by atoms with Gasteiger partial charge < -0.3 is 5.73 Å². The lowest BCUT2D eigenvalue weighted by atomic mass is 9.71. The number of hydrogen-bond donors (Lipinski definition) is 2. The van der Waals surface area contributed by atoms with Gasteiger partial charge in [0.1, 0.15) is 10.7 Å². The topological polar surface area (TPSA) is 72.2 Å². The molecule has 1 aliphatic rings. The fourth-order valence-electron chi connectivity index (χ4n) is 2.04. The summed E-state index contributed by atoms with van der Waals surface area (Å²) in [5, 5.41) is 0. The Bertz CT molecular complexity index is 553. The third-order valence-electron chi connectivity index (χ3n) is 3.50. The average Bonchev–Trinajstić information content (AvgIpc) is 2.23. The van der Waals surface area contributed by atoms with Gasteiger partial charge in [-0.15, -0.1) is 0 Å². The molecule has 0 bridgehead atoms. The van der Waals surface area contributed by atoms with Crippen molar-refractivity contribution in [1.29, 1.82) is 0 Å². The summed E-state index contributed by atoms with van der Waals surface area (Å²) in [5.41, 5.74) is 5.61. The zero-order chi connectivity index (χ0) is 13.4. The predicted molar refractivity (Wildman–Crippen MR) is 68.0 cm³/mol. The van der Waals surface area contributed by atoms with Crippen molar-refractivity contribution in [2.24, 2.45) is 5.41 Å². The number of sulfonamides is 1. The van der Waals surface area contributed by atoms with Gasteiger partial charge in [0, 0.05) is 12.2 Å². The van der Waals surface area contributed by atoms with E-state index in [-0.39, 0.29) is 16.0 Å². The molecule has 0 unspecified atom stereocenters. The van der Waals surface area contributed by atoms with Crippen molar-refractivity contribution in [2.45, 2.75) is 31.1 Å². The first-order valence-electron chi connectivity index (χ1n) is 5.87. The van der Waals surface area contributed by atoms with Crippen LogP contribution in [0.3, 0.4) is 0 Å². The number of benzene rings is 1. The van der Waals surface area contributed by atoms with Crippen molar-refractivity contribution in [2.75, 3.05) is 12.3 Å². The molecule has 2 rings (SSSR count). The molecule has 0 heterocycles. The van der Waals surface area contributed by atoms with Crippen LogP contribution < -0.4 is 10.5 Å². The smallest absolute Gasteiger partial charge is 0.243 e. The van der Waals surface area contributed by atoms with Crippen LogP contribution >= 0.6 is 0 Å². The number of rotatable bonds is 4. The van der Waals surface area contributed by atoms with Gasteiger partial charge in [-0.3, -0.25) is 0 Å². The lowest BCUT2D eigenvalue weighted by molar-refractivity contribution is 0.166. The largest absolute Gasteiger partial charge is 0.399 e. The maximum Gasteiger partial charge on any atom is 0.243 e. The molecule has 0 atom stereocenters. The first-order valence-corrected chi connectivity index (χ1v) is 7.35. The van der Waals surface area contributed by atoms with Gasteiger partial charge in [0.25, 0.3) is 0 Å². The number of anilines is 1. The van der Waals surface area contributed by atoms with Crippen LogP contribution in [0.1, 0.15) is 26.2 Å². The molecule has 1 aromatic rings. The quantitative estimate of drug-likeness (QED) is 0.822. The molecule has 0 amide bonds. The summed E-state index contributed by atoms with van der Waals surface area (Å²) in [6.45, 7) is 2.37. The van der Waals surface area contributed by atoms with Gasteiger partial charge in [0.15, 0.2) is 0 Å². The minimum Gasteiger partial charge on any atom is -0.399 e. The van der Waals surface area contributed by atoms with Crippen LogP contribution in [0.4, 0.5) is 10.1 Å². The van der Waals surface area contributed by atoms with E-state index in [0.717, 1.165) is 25.3 Å². The van der Waals surface area contributed by atoms with Gasteiger partial charge in [-0.1, -0.05) is 13.3 Å². The number of nitrogens with one attached hydrogen (secondary N) is 1. The van der Waals surface area contributed by atoms with Crippen molar-refractivity contribution >= 4 is 15.7 Å². The van der Waals surface area contributed by atoms with Gasteiger partial charge in [0.2, 0.25) is 10.0 Å². The molecule has 3 N–H and O–H groups in total. The minimum atomic E-state index is -3.80. The SMILES string of the molecule is CC1(CNS(=O)(=O)c2ccc(N)cc2F)CCC1. The van der Waals surface area contributed by atoms with Crippen LogP contribution in [0, 0.1) is 11.2 Å². The van der Waals surface area contributed by atoms with E-state index in [9.17, 15) is 12.8 Å². The molecule has 18 heavy (non-hydrogen) atoms. The second kappa shape index (κ2) is 4.51. The minimum absolute atomic E-state index is 0.0113. The Morgan fingerprint density at radius 1 is 1.44 bits per heavy atom. The summed E-state index contributed by atoms with van der Waals surface area (Å²) in [4.78, 5) is -0.348. The Balaban J connectivity index is 2.15. The van der Waals surface area contributed by atoms with E-state index >= 15 is 0 Å². The zero-order valence-electron chi connectivity index (χ0n) is 10.2. The highest BCUT2D eigenvalue weighted by atomic mass is 32.2. The lowest BCUT2D eigenvalue weighted by Gasteiger charge is -2.38. The summed E-state index contributed by atoms with van der Waals surface area (Å²) >= 11 is 0. The molecule has 6 heteroatoms. The maximum atomic E-state index is 13.6. The summed E-state index contributed by atoms with van der Waals surface area (Å²) in [7, 11) is -3.80. The summed E-state index contributed by atoms with van der Waals surface area (Å²) in [5.74, 6) is -0.818. The van der Waals surface area contributed by atoms with E-state index in [2.05, 4.69) is 4.72 Å². The molecule has 100 valence electrons. The second-order valence-corrected chi connectivity index (χ2v) is 6.91. The second-order valence-electron chi connectivity index (χ2n) is 5.18. The number of halogens is 1. The highest BCUT2D eigenvalue weighted by Gasteiger charge is 2.33. The standard InChI is InChI=1S/C12H17FN2O2S/c1-12(5-2-6-12)8-15-18(16,17)11-4-3-9(14)7-10(11)13/h3-4,7,15H,2,5-6,8,14H2,1H3. The molecule has 1 fully saturated rings. The van der Waals surface area contributed by atoms with Gasteiger partial charge in [-0.25, -0.2) is 17.5 Å². The van der Waals surface area contributed by atoms with Crippen molar-refractivity contribution in [3.05, 3.63) is 24.0 Å². The van der Waals surface area contributed by atoms with E-state index in [4.69, 9.17) is 5.73 Å². The first-order chi connectivity index (χ1) is 8.32. The molecule has 1 aliphatic carbocycles. The molecule has 4 nitrogen and oxygen atoms in total. The molecule has 0 aromatic heterocycles. The molecular formula is C12H17FN2O2S. The van der Waals surface area contributed by atoms with Crippen LogP contribution in [0.25, 0.3) is 0 Å². The van der Waals surface area contributed by atoms with Crippen molar-refractivity contribution in [3.8, 4) is 0 Å². The van der Waals surface area contributed by atoms with Crippen molar-refractivity contribution in [3.63, 3.8) is 0 Å². The molecular weight excluding hydrogens is 255 g/mol. The summed E-state index contributed by atoms with van der Waals surface area (Å²) in [6.07, 6.45) is 3.12. The molecule has 1 saturated carbocycles. The van der Waals surface area contributed by atoms with Crippen LogP contribution in [-0.2, 0) is 10.0 Å². The highest BCUT2D eigenvalue weighted by molar-refractivity contribution is 7.89. The van der Waals surface area contributed by atoms with Crippen molar-refractivity contribution < 1.29 is 12.8 Å². The fraction of sp³-hybridized carbons (Fsp3) is 0.500. The number of nitrogens with two attached hydrogens (primary N) is 1.